The van der Waals surface area contributed by atoms with Crippen LogP contribution in [0.15, 0.2) is 42.5 Å². The summed E-state index contributed by atoms with van der Waals surface area (Å²) in [5, 5.41) is 14.2. The molecule has 0 bridgehead atoms. The van der Waals surface area contributed by atoms with Crippen molar-refractivity contribution in [3.63, 3.8) is 0 Å². The van der Waals surface area contributed by atoms with Crippen molar-refractivity contribution in [2.75, 3.05) is 32.7 Å². The second kappa shape index (κ2) is 11.0. The molecule has 3 amide bonds. The molecule has 2 aromatic carbocycles. The molecule has 0 aromatic heterocycles. The van der Waals surface area contributed by atoms with E-state index in [1.54, 1.807) is 6.07 Å². The second-order valence-corrected chi connectivity index (χ2v) is 7.41. The third-order valence-electron chi connectivity index (χ3n) is 4.99. The van der Waals surface area contributed by atoms with Gasteiger partial charge in [0.05, 0.1) is 31.6 Å². The summed E-state index contributed by atoms with van der Waals surface area (Å²) >= 11 is 0. The number of nitrogens with zero attached hydrogens (tertiary/aromatic N) is 2. The fourth-order valence-corrected chi connectivity index (χ4v) is 3.25. The Morgan fingerprint density at radius 2 is 1.80 bits per heavy atom. The van der Waals surface area contributed by atoms with E-state index in [1.807, 2.05) is 0 Å². The average Bonchev–Trinajstić information content (AvgIpc) is 3.22. The molecule has 2 N–H and O–H groups in total. The Morgan fingerprint density at radius 3 is 2.43 bits per heavy atom. The van der Waals surface area contributed by atoms with E-state index in [1.165, 1.54) is 44.6 Å². The topological polar surface area (TPSA) is 166 Å². The van der Waals surface area contributed by atoms with Crippen molar-refractivity contribution in [3.05, 3.63) is 58.1 Å². The van der Waals surface area contributed by atoms with E-state index in [4.69, 9.17) is 14.2 Å². The maximum atomic E-state index is 12.6. The lowest BCUT2D eigenvalue weighted by molar-refractivity contribution is -0.384. The maximum Gasteiger partial charge on any atom is 0.311 e. The lowest BCUT2D eigenvalue weighted by atomic mass is 10.1. The van der Waals surface area contributed by atoms with E-state index in [0.717, 1.165) is 11.1 Å². The van der Waals surface area contributed by atoms with Gasteiger partial charge in [0.15, 0.2) is 6.61 Å². The van der Waals surface area contributed by atoms with Gasteiger partial charge in [0.25, 0.3) is 17.5 Å². The number of nitrogens with one attached hydrogen (secondary N) is 2. The van der Waals surface area contributed by atoms with Crippen LogP contribution >= 0.6 is 0 Å². The van der Waals surface area contributed by atoms with Gasteiger partial charge in [-0.3, -0.25) is 39.7 Å². The van der Waals surface area contributed by atoms with Crippen LogP contribution in [0.25, 0.3) is 0 Å². The third-order valence-corrected chi connectivity index (χ3v) is 4.99. The summed E-state index contributed by atoms with van der Waals surface area (Å²) in [6.45, 7) is -0.792. The second-order valence-electron chi connectivity index (χ2n) is 7.41. The first-order valence-electron chi connectivity index (χ1n) is 10.3. The molecule has 13 heteroatoms. The number of non-ortho nitro benzene ring substituents is 1. The Morgan fingerprint density at radius 1 is 1.11 bits per heavy atom. The molecule has 1 atom stereocenters. The minimum Gasteiger partial charge on any atom is -0.497 e. The van der Waals surface area contributed by atoms with Gasteiger partial charge in [0, 0.05) is 35.9 Å². The summed E-state index contributed by atoms with van der Waals surface area (Å²) in [7, 11) is 2.86. The van der Waals surface area contributed by atoms with Gasteiger partial charge in [-0.1, -0.05) is 6.07 Å². The number of carbonyl (C=O) groups excluding carboxylic acids is 4. The van der Waals surface area contributed by atoms with Crippen molar-refractivity contribution >= 4 is 35.1 Å². The number of nitro benzene ring substituents is 1. The molecule has 0 spiro atoms. The number of esters is 1. The summed E-state index contributed by atoms with van der Waals surface area (Å²) in [5.74, 6) is -2.75. The van der Waals surface area contributed by atoms with Crippen LogP contribution in [0.2, 0.25) is 0 Å². The van der Waals surface area contributed by atoms with Gasteiger partial charge in [-0.2, -0.15) is 0 Å². The molecular weight excluding hydrogens is 464 g/mol. The first-order valence-corrected chi connectivity index (χ1v) is 10.3. The van der Waals surface area contributed by atoms with E-state index in [-0.39, 0.29) is 29.9 Å². The minimum atomic E-state index is -0.895. The fourth-order valence-electron chi connectivity index (χ4n) is 3.25. The maximum absolute atomic E-state index is 12.6. The highest BCUT2D eigenvalue weighted by molar-refractivity contribution is 5.97. The first kappa shape index (κ1) is 25.0. The summed E-state index contributed by atoms with van der Waals surface area (Å²) in [5.41, 5.74) is 2.57. The molecule has 0 radical (unpaired) electrons. The molecule has 1 aliphatic rings. The Balaban J connectivity index is 1.52. The Kier molecular flexibility index (Phi) is 7.81. The Labute approximate surface area is 199 Å². The van der Waals surface area contributed by atoms with Gasteiger partial charge in [0.2, 0.25) is 5.91 Å². The van der Waals surface area contributed by atoms with Crippen LogP contribution in [0.1, 0.15) is 16.8 Å². The normalized spacial score (nSPS) is 14.7. The zero-order valence-corrected chi connectivity index (χ0v) is 18.8. The molecule has 1 fully saturated rings. The number of anilines is 1. The molecule has 1 aliphatic heterocycles. The number of methoxy groups -OCH3 is 2. The van der Waals surface area contributed by atoms with Gasteiger partial charge in [-0.05, 0) is 18.2 Å². The number of carbonyl (C=O) groups is 4. The number of benzene rings is 2. The summed E-state index contributed by atoms with van der Waals surface area (Å²) in [6.07, 6.45) is -0.215. The molecule has 13 nitrogen and oxygen atoms in total. The van der Waals surface area contributed by atoms with E-state index in [9.17, 15) is 29.3 Å². The Bertz CT molecular complexity index is 1150. The molecule has 2 aromatic rings. The molecule has 0 aliphatic carbocycles. The van der Waals surface area contributed by atoms with Gasteiger partial charge in [-0.25, -0.2) is 0 Å². The predicted octanol–water partition coefficient (Wildman–Crippen LogP) is 1.29. The average molecular weight is 486 g/mol. The van der Waals surface area contributed by atoms with Crippen LogP contribution in [-0.4, -0.2) is 61.0 Å². The van der Waals surface area contributed by atoms with Crippen LogP contribution in [0, 0.1) is 16.0 Å². The highest BCUT2D eigenvalue weighted by Gasteiger charge is 2.37. The van der Waals surface area contributed by atoms with Crippen molar-refractivity contribution in [1.29, 1.82) is 0 Å². The zero-order valence-electron chi connectivity index (χ0n) is 18.8. The number of hydrogen-bond donors (Lipinski definition) is 2. The Hall–Kier alpha value is -4.68. The number of rotatable bonds is 9. The number of nitro groups is 1. The molecule has 35 heavy (non-hydrogen) atoms. The third kappa shape index (κ3) is 6.43. The van der Waals surface area contributed by atoms with E-state index in [0.29, 0.717) is 11.5 Å². The lowest BCUT2D eigenvalue weighted by Gasteiger charge is -2.18. The minimum absolute atomic E-state index is 0.142. The molecule has 0 saturated carbocycles. The van der Waals surface area contributed by atoms with Crippen molar-refractivity contribution in [3.8, 4) is 11.5 Å². The van der Waals surface area contributed by atoms with Crippen molar-refractivity contribution in [1.82, 2.24) is 10.4 Å². The number of hydrogen-bond acceptors (Lipinski definition) is 9. The van der Waals surface area contributed by atoms with Crippen LogP contribution in [-0.2, 0) is 19.1 Å². The molecule has 3 rings (SSSR count). The quantitative estimate of drug-likeness (QED) is 0.301. The van der Waals surface area contributed by atoms with Crippen LogP contribution in [0.5, 0.6) is 11.5 Å². The van der Waals surface area contributed by atoms with Crippen LogP contribution in [0.3, 0.4) is 0 Å². The highest BCUT2D eigenvalue weighted by Crippen LogP contribution is 2.23. The zero-order chi connectivity index (χ0) is 25.5. The molecule has 1 heterocycles. The van der Waals surface area contributed by atoms with Gasteiger partial charge in [0.1, 0.15) is 11.5 Å². The van der Waals surface area contributed by atoms with E-state index in [2.05, 4.69) is 10.7 Å². The number of ether oxygens (including phenoxy) is 3. The largest absolute Gasteiger partial charge is 0.497 e. The highest BCUT2D eigenvalue weighted by atomic mass is 16.6. The summed E-state index contributed by atoms with van der Waals surface area (Å²) in [6, 6.07) is 9.78. The predicted molar refractivity (Wildman–Crippen MR) is 120 cm³/mol. The SMILES string of the molecule is COc1cc(OC)cc(C(=O)NN2C[C@@H](C(=O)OCC(=O)Nc3cccc([N+](=O)[O-])c3)CC2=O)c1. The molecule has 1 saturated heterocycles. The van der Waals surface area contributed by atoms with Gasteiger partial charge < -0.3 is 19.5 Å². The van der Waals surface area contributed by atoms with Crippen molar-refractivity contribution in [2.45, 2.75) is 6.42 Å². The molecule has 184 valence electrons. The smallest absolute Gasteiger partial charge is 0.311 e. The number of amides is 3. The van der Waals surface area contributed by atoms with Gasteiger partial charge >= 0.3 is 5.97 Å². The lowest BCUT2D eigenvalue weighted by Crippen LogP contribution is -2.43. The van der Waals surface area contributed by atoms with Crippen molar-refractivity contribution in [2.24, 2.45) is 5.92 Å². The molecule has 0 unspecified atom stereocenters. The van der Waals surface area contributed by atoms with Crippen LogP contribution in [0.4, 0.5) is 11.4 Å². The van der Waals surface area contributed by atoms with E-state index >= 15 is 0 Å². The number of hydrazine groups is 1. The monoisotopic (exact) mass is 486 g/mol. The van der Waals surface area contributed by atoms with Gasteiger partial charge in [-0.15, -0.1) is 0 Å². The summed E-state index contributed by atoms with van der Waals surface area (Å²) < 4.78 is 15.2. The molecular formula is C22H22N4O9. The first-order chi connectivity index (χ1) is 16.7. The standard InChI is InChI=1S/C22H22N4O9/c1-33-17-6-13(7-18(10-17)34-2)21(29)24-25-11-14(8-20(25)28)22(30)35-12-19(27)23-15-4-3-5-16(9-15)26(31)32/h3-7,9-10,14H,8,11-12H2,1-2H3,(H,23,27)(H,24,29)/t14-/m0/s1. The van der Waals surface area contributed by atoms with Crippen LogP contribution < -0.4 is 20.2 Å². The fraction of sp³-hybridized carbons (Fsp3) is 0.273. The van der Waals surface area contributed by atoms with E-state index < -0.39 is 41.1 Å². The van der Waals surface area contributed by atoms with Crippen molar-refractivity contribution < 1.29 is 38.3 Å². The summed E-state index contributed by atoms with van der Waals surface area (Å²) in [4.78, 5) is 59.5.